The first-order valence-electron chi connectivity index (χ1n) is 4.09. The fourth-order valence-corrected chi connectivity index (χ4v) is 1.63. The third-order valence-corrected chi connectivity index (χ3v) is 2.12. The second-order valence-corrected chi connectivity index (χ2v) is 3.46. The second kappa shape index (κ2) is 3.43. The lowest BCUT2D eigenvalue weighted by atomic mass is 10.1. The highest BCUT2D eigenvalue weighted by Gasteiger charge is 2.11. The summed E-state index contributed by atoms with van der Waals surface area (Å²) in [4.78, 5) is 23.9. The number of fused-ring (bicyclic) bond motifs is 1. The van der Waals surface area contributed by atoms with Crippen LogP contribution in [-0.4, -0.2) is 16.1 Å². The molecule has 0 bridgehead atoms. The molecule has 1 aromatic carbocycles. The number of hydrogen-bond donors (Lipinski definition) is 2. The number of nitrogens with one attached hydrogen (secondary N) is 1. The maximum absolute atomic E-state index is 10.9. The summed E-state index contributed by atoms with van der Waals surface area (Å²) >= 11 is 5.76. The smallest absolute Gasteiger partial charge is 0.417 e. The summed E-state index contributed by atoms with van der Waals surface area (Å²) < 4.78 is 4.82. The SMILES string of the molecule is O=C(O)Cc1cc(Cl)cc2[nH]c(=O)oc12. The number of rotatable bonds is 2. The molecular formula is C9H6ClNO4. The van der Waals surface area contributed by atoms with Gasteiger partial charge in [0, 0.05) is 10.6 Å². The van der Waals surface area contributed by atoms with Crippen LogP contribution in [0.1, 0.15) is 5.56 Å². The lowest BCUT2D eigenvalue weighted by molar-refractivity contribution is -0.136. The van der Waals surface area contributed by atoms with E-state index >= 15 is 0 Å². The molecule has 6 heteroatoms. The van der Waals surface area contributed by atoms with E-state index in [0.29, 0.717) is 16.1 Å². The van der Waals surface area contributed by atoms with Gasteiger partial charge in [0.05, 0.1) is 11.9 Å². The number of carboxylic acids is 1. The highest BCUT2D eigenvalue weighted by atomic mass is 35.5. The van der Waals surface area contributed by atoms with Crippen molar-refractivity contribution >= 4 is 28.7 Å². The Bertz CT molecular complexity index is 583. The first kappa shape index (κ1) is 9.79. The van der Waals surface area contributed by atoms with Crippen LogP contribution in [0.15, 0.2) is 21.3 Å². The van der Waals surface area contributed by atoms with E-state index < -0.39 is 11.7 Å². The van der Waals surface area contributed by atoms with Crippen LogP contribution >= 0.6 is 11.6 Å². The average molecular weight is 228 g/mol. The Balaban J connectivity index is 2.70. The van der Waals surface area contributed by atoms with Crippen molar-refractivity contribution in [2.75, 3.05) is 0 Å². The summed E-state index contributed by atoms with van der Waals surface area (Å²) in [5, 5.41) is 9.01. The molecule has 0 radical (unpaired) electrons. The number of hydrogen-bond acceptors (Lipinski definition) is 3. The molecule has 2 rings (SSSR count). The van der Waals surface area contributed by atoms with Gasteiger partial charge < -0.3 is 9.52 Å². The zero-order chi connectivity index (χ0) is 11.0. The van der Waals surface area contributed by atoms with E-state index in [0.717, 1.165) is 0 Å². The van der Waals surface area contributed by atoms with Crippen LogP contribution in [-0.2, 0) is 11.2 Å². The standard InChI is InChI=1S/C9H6ClNO4/c10-5-1-4(2-7(12)13)8-6(3-5)11-9(14)15-8/h1,3H,2H2,(H,11,14)(H,12,13). The number of H-pyrrole nitrogens is 1. The Morgan fingerprint density at radius 3 is 2.93 bits per heavy atom. The molecule has 0 saturated carbocycles. The maximum Gasteiger partial charge on any atom is 0.417 e. The van der Waals surface area contributed by atoms with E-state index in [2.05, 4.69) is 4.98 Å². The van der Waals surface area contributed by atoms with E-state index in [1.54, 1.807) is 0 Å². The molecule has 0 aliphatic carbocycles. The molecule has 1 heterocycles. The summed E-state index contributed by atoms with van der Waals surface area (Å²) in [7, 11) is 0. The minimum absolute atomic E-state index is 0.238. The minimum Gasteiger partial charge on any atom is -0.481 e. The quantitative estimate of drug-likeness (QED) is 0.812. The molecule has 0 unspecified atom stereocenters. The molecule has 0 fully saturated rings. The first-order valence-corrected chi connectivity index (χ1v) is 4.47. The van der Waals surface area contributed by atoms with Crippen molar-refractivity contribution in [2.45, 2.75) is 6.42 Å². The third kappa shape index (κ3) is 1.87. The fraction of sp³-hybridized carbons (Fsp3) is 0.111. The number of benzene rings is 1. The molecule has 5 nitrogen and oxygen atoms in total. The summed E-state index contributed by atoms with van der Waals surface area (Å²) in [6.45, 7) is 0. The predicted octanol–water partition coefficient (Wildman–Crippen LogP) is 1.40. The molecule has 0 saturated heterocycles. The Kier molecular flexibility index (Phi) is 2.24. The number of carbonyl (C=O) groups is 1. The van der Waals surface area contributed by atoms with Gasteiger partial charge in [0.2, 0.25) is 0 Å². The van der Waals surface area contributed by atoms with Gasteiger partial charge in [-0.05, 0) is 12.1 Å². The zero-order valence-corrected chi connectivity index (χ0v) is 8.17. The monoisotopic (exact) mass is 227 g/mol. The van der Waals surface area contributed by atoms with Gasteiger partial charge in [0.1, 0.15) is 0 Å². The van der Waals surface area contributed by atoms with Gasteiger partial charge in [-0.15, -0.1) is 0 Å². The van der Waals surface area contributed by atoms with Crippen LogP contribution in [0.5, 0.6) is 0 Å². The van der Waals surface area contributed by atoms with E-state index in [-0.39, 0.29) is 12.0 Å². The number of halogens is 1. The first-order chi connectivity index (χ1) is 7.06. The molecule has 0 aliphatic heterocycles. The molecule has 78 valence electrons. The van der Waals surface area contributed by atoms with Crippen molar-refractivity contribution in [3.63, 3.8) is 0 Å². The van der Waals surface area contributed by atoms with Crippen molar-refractivity contribution in [1.82, 2.24) is 4.98 Å². The normalized spacial score (nSPS) is 10.7. The van der Waals surface area contributed by atoms with Gasteiger partial charge in [0.25, 0.3) is 0 Å². The number of carboxylic acid groups (broad SMARTS) is 1. The topological polar surface area (TPSA) is 83.3 Å². The largest absolute Gasteiger partial charge is 0.481 e. The van der Waals surface area contributed by atoms with Crippen molar-refractivity contribution in [2.24, 2.45) is 0 Å². The van der Waals surface area contributed by atoms with Gasteiger partial charge in [-0.2, -0.15) is 0 Å². The number of aromatic nitrogens is 1. The molecule has 0 spiro atoms. The number of oxazole rings is 1. The van der Waals surface area contributed by atoms with Crippen LogP contribution < -0.4 is 5.76 Å². The van der Waals surface area contributed by atoms with Crippen molar-refractivity contribution in [3.8, 4) is 0 Å². The summed E-state index contributed by atoms with van der Waals surface area (Å²) in [5.74, 6) is -1.64. The summed E-state index contributed by atoms with van der Waals surface area (Å²) in [5.41, 5.74) is 1.03. The van der Waals surface area contributed by atoms with Crippen molar-refractivity contribution in [3.05, 3.63) is 33.3 Å². The maximum atomic E-state index is 10.9. The minimum atomic E-state index is -1.01. The van der Waals surface area contributed by atoms with Gasteiger partial charge in [-0.3, -0.25) is 9.78 Å². The van der Waals surface area contributed by atoms with Crippen molar-refractivity contribution < 1.29 is 14.3 Å². The van der Waals surface area contributed by atoms with E-state index in [9.17, 15) is 9.59 Å². The molecule has 2 N–H and O–H groups in total. The molecule has 2 aromatic rings. The summed E-state index contributed by atoms with van der Waals surface area (Å²) in [6.07, 6.45) is -0.238. The van der Waals surface area contributed by atoms with Gasteiger partial charge in [-0.25, -0.2) is 4.79 Å². The van der Waals surface area contributed by atoms with Crippen LogP contribution in [0.3, 0.4) is 0 Å². The van der Waals surface area contributed by atoms with E-state index in [1.807, 2.05) is 0 Å². The Morgan fingerprint density at radius 2 is 2.27 bits per heavy atom. The van der Waals surface area contributed by atoms with Crippen LogP contribution in [0.4, 0.5) is 0 Å². The van der Waals surface area contributed by atoms with Gasteiger partial charge >= 0.3 is 11.7 Å². The predicted molar refractivity (Wildman–Crippen MR) is 53.2 cm³/mol. The fourth-order valence-electron chi connectivity index (χ4n) is 1.39. The number of aliphatic carboxylic acids is 1. The van der Waals surface area contributed by atoms with Crippen molar-refractivity contribution in [1.29, 1.82) is 0 Å². The molecule has 0 atom stereocenters. The molecule has 0 aliphatic rings. The second-order valence-electron chi connectivity index (χ2n) is 3.03. The average Bonchev–Trinajstić information content (AvgIpc) is 2.44. The van der Waals surface area contributed by atoms with Crippen LogP contribution in [0.2, 0.25) is 5.02 Å². The Labute approximate surface area is 88.3 Å². The van der Waals surface area contributed by atoms with Gasteiger partial charge in [-0.1, -0.05) is 11.6 Å². The van der Waals surface area contributed by atoms with Gasteiger partial charge in [0.15, 0.2) is 5.58 Å². The van der Waals surface area contributed by atoms with Crippen LogP contribution in [0, 0.1) is 0 Å². The molecule has 0 amide bonds. The highest BCUT2D eigenvalue weighted by Crippen LogP contribution is 2.22. The lowest BCUT2D eigenvalue weighted by Crippen LogP contribution is -2.00. The molecule has 15 heavy (non-hydrogen) atoms. The third-order valence-electron chi connectivity index (χ3n) is 1.90. The van der Waals surface area contributed by atoms with E-state index in [1.165, 1.54) is 12.1 Å². The number of aromatic amines is 1. The summed E-state index contributed by atoms with van der Waals surface area (Å²) in [6, 6.07) is 2.97. The molecular weight excluding hydrogens is 222 g/mol. The highest BCUT2D eigenvalue weighted by molar-refractivity contribution is 6.31. The molecule has 1 aromatic heterocycles. The van der Waals surface area contributed by atoms with Crippen LogP contribution in [0.25, 0.3) is 11.1 Å². The van der Waals surface area contributed by atoms with E-state index in [4.69, 9.17) is 21.1 Å². The zero-order valence-electron chi connectivity index (χ0n) is 7.41. The Morgan fingerprint density at radius 1 is 1.53 bits per heavy atom. The lowest BCUT2D eigenvalue weighted by Gasteiger charge is -1.98. The Hall–Kier alpha value is -1.75.